The number of amides is 1. The molecule has 100 valence electrons. The third-order valence-corrected chi connectivity index (χ3v) is 2.62. The largest absolute Gasteiger partial charge is 0.384 e. The van der Waals surface area contributed by atoms with Gasteiger partial charge in [-0.2, -0.15) is 0 Å². The van der Waals surface area contributed by atoms with Crippen LogP contribution in [0.4, 0.5) is 5.82 Å². The highest BCUT2D eigenvalue weighted by molar-refractivity contribution is 5.95. The zero-order chi connectivity index (χ0) is 13.7. The van der Waals surface area contributed by atoms with Crippen LogP contribution in [0.15, 0.2) is 12.1 Å². The first kappa shape index (κ1) is 14.4. The zero-order valence-electron chi connectivity index (χ0n) is 11.5. The van der Waals surface area contributed by atoms with Gasteiger partial charge in [0.15, 0.2) is 0 Å². The Kier molecular flexibility index (Phi) is 5.09. The van der Waals surface area contributed by atoms with Crippen molar-refractivity contribution in [3.8, 4) is 0 Å². The molecule has 18 heavy (non-hydrogen) atoms. The van der Waals surface area contributed by atoms with Crippen LogP contribution in [0.5, 0.6) is 0 Å². The second-order valence-electron chi connectivity index (χ2n) is 4.89. The number of carbonyl (C=O) groups excluding carboxylic acids is 1. The van der Waals surface area contributed by atoms with Crippen LogP contribution in [-0.2, 0) is 0 Å². The van der Waals surface area contributed by atoms with E-state index < -0.39 is 0 Å². The maximum absolute atomic E-state index is 12.0. The summed E-state index contributed by atoms with van der Waals surface area (Å²) in [5.74, 6) is 0.277. The fourth-order valence-electron chi connectivity index (χ4n) is 1.66. The summed E-state index contributed by atoms with van der Waals surface area (Å²) < 4.78 is 0. The van der Waals surface area contributed by atoms with Crippen LogP contribution in [-0.4, -0.2) is 42.5 Å². The van der Waals surface area contributed by atoms with Gasteiger partial charge in [-0.05, 0) is 53.0 Å². The molecule has 0 bridgehead atoms. The monoisotopic (exact) mass is 250 g/mol. The van der Waals surface area contributed by atoms with Gasteiger partial charge in [-0.1, -0.05) is 0 Å². The molecule has 0 saturated heterocycles. The van der Waals surface area contributed by atoms with Crippen molar-refractivity contribution in [3.05, 3.63) is 23.4 Å². The minimum absolute atomic E-state index is 0.0987. The van der Waals surface area contributed by atoms with Crippen molar-refractivity contribution >= 4 is 11.7 Å². The van der Waals surface area contributed by atoms with Crippen LogP contribution in [0.3, 0.4) is 0 Å². The molecule has 0 spiro atoms. The molecule has 0 aliphatic heterocycles. The number of pyridine rings is 1. The number of rotatable bonds is 5. The van der Waals surface area contributed by atoms with Gasteiger partial charge in [-0.25, -0.2) is 4.98 Å². The number of hydrogen-bond donors (Lipinski definition) is 2. The number of carbonyl (C=O) groups is 1. The van der Waals surface area contributed by atoms with Crippen LogP contribution >= 0.6 is 0 Å². The summed E-state index contributed by atoms with van der Waals surface area (Å²) in [4.78, 5) is 18.1. The topological polar surface area (TPSA) is 71.2 Å². The normalized spacial score (nSPS) is 12.5. The van der Waals surface area contributed by atoms with Crippen molar-refractivity contribution in [2.75, 3.05) is 26.4 Å². The molecule has 0 fully saturated rings. The molecule has 1 heterocycles. The maximum atomic E-state index is 12.0. The molecule has 0 aromatic carbocycles. The van der Waals surface area contributed by atoms with Gasteiger partial charge in [0.1, 0.15) is 5.82 Å². The van der Waals surface area contributed by atoms with E-state index in [1.54, 1.807) is 12.1 Å². The predicted molar refractivity (Wildman–Crippen MR) is 73.5 cm³/mol. The summed E-state index contributed by atoms with van der Waals surface area (Å²) in [6.07, 6.45) is 0.915. The maximum Gasteiger partial charge on any atom is 0.251 e. The predicted octanol–water partition coefficient (Wildman–Crippen LogP) is 1.04. The standard InChI is InChI=1S/C13H22N4O/c1-9(5-6-17(3)4)16-13(18)11-7-10(2)15-12(14)8-11/h7-9H,5-6H2,1-4H3,(H2,14,15)(H,16,18). The van der Waals surface area contributed by atoms with E-state index in [1.807, 2.05) is 27.9 Å². The van der Waals surface area contributed by atoms with Crippen LogP contribution in [0.25, 0.3) is 0 Å². The van der Waals surface area contributed by atoms with Gasteiger partial charge in [-0.15, -0.1) is 0 Å². The molecule has 0 radical (unpaired) electrons. The third kappa shape index (κ3) is 4.71. The molecule has 0 aliphatic carbocycles. The molecule has 5 nitrogen and oxygen atoms in total. The number of nitrogens with two attached hydrogens (primary N) is 1. The highest BCUT2D eigenvalue weighted by Gasteiger charge is 2.11. The Morgan fingerprint density at radius 3 is 2.72 bits per heavy atom. The molecule has 1 unspecified atom stereocenters. The molecular formula is C13H22N4O. The third-order valence-electron chi connectivity index (χ3n) is 2.62. The Morgan fingerprint density at radius 1 is 1.50 bits per heavy atom. The van der Waals surface area contributed by atoms with Gasteiger partial charge in [-0.3, -0.25) is 4.79 Å². The first-order valence-corrected chi connectivity index (χ1v) is 6.08. The lowest BCUT2D eigenvalue weighted by Gasteiger charge is -2.17. The molecular weight excluding hydrogens is 228 g/mol. The molecule has 0 aliphatic rings. The number of hydrogen-bond acceptors (Lipinski definition) is 4. The number of nitrogens with zero attached hydrogens (tertiary/aromatic N) is 2. The highest BCUT2D eigenvalue weighted by Crippen LogP contribution is 2.07. The molecule has 1 amide bonds. The summed E-state index contributed by atoms with van der Waals surface area (Å²) in [5.41, 5.74) is 6.95. The van der Waals surface area contributed by atoms with Crippen LogP contribution in [0.2, 0.25) is 0 Å². The van der Waals surface area contributed by atoms with Crippen LogP contribution < -0.4 is 11.1 Å². The fourth-order valence-corrected chi connectivity index (χ4v) is 1.66. The summed E-state index contributed by atoms with van der Waals surface area (Å²) in [5, 5.41) is 2.96. The molecule has 5 heteroatoms. The summed E-state index contributed by atoms with van der Waals surface area (Å²) >= 11 is 0. The van der Waals surface area contributed by atoms with Gasteiger partial charge in [0.05, 0.1) is 0 Å². The van der Waals surface area contributed by atoms with Gasteiger partial charge in [0, 0.05) is 17.3 Å². The molecule has 0 saturated carbocycles. The van der Waals surface area contributed by atoms with E-state index in [2.05, 4.69) is 15.2 Å². The molecule has 1 aromatic rings. The number of aromatic nitrogens is 1. The van der Waals surface area contributed by atoms with Crippen molar-refractivity contribution in [1.29, 1.82) is 0 Å². The van der Waals surface area contributed by atoms with E-state index in [0.29, 0.717) is 11.4 Å². The minimum Gasteiger partial charge on any atom is -0.384 e. The molecule has 3 N–H and O–H groups in total. The number of anilines is 1. The Morgan fingerprint density at radius 2 is 2.17 bits per heavy atom. The van der Waals surface area contributed by atoms with Gasteiger partial charge < -0.3 is 16.0 Å². The van der Waals surface area contributed by atoms with Gasteiger partial charge in [0.2, 0.25) is 0 Å². The van der Waals surface area contributed by atoms with Crippen molar-refractivity contribution < 1.29 is 4.79 Å². The fraction of sp³-hybridized carbons (Fsp3) is 0.538. The molecule has 1 aromatic heterocycles. The lowest BCUT2D eigenvalue weighted by atomic mass is 10.1. The first-order chi connectivity index (χ1) is 8.38. The van der Waals surface area contributed by atoms with E-state index in [0.717, 1.165) is 18.7 Å². The summed E-state index contributed by atoms with van der Waals surface area (Å²) in [6, 6.07) is 3.47. The smallest absolute Gasteiger partial charge is 0.251 e. The van der Waals surface area contributed by atoms with Crippen molar-refractivity contribution in [1.82, 2.24) is 15.2 Å². The second-order valence-corrected chi connectivity index (χ2v) is 4.89. The van der Waals surface area contributed by atoms with Crippen molar-refractivity contribution in [2.24, 2.45) is 0 Å². The lowest BCUT2D eigenvalue weighted by Crippen LogP contribution is -2.34. The highest BCUT2D eigenvalue weighted by atomic mass is 16.1. The van der Waals surface area contributed by atoms with Gasteiger partial charge in [0.25, 0.3) is 5.91 Å². The Hall–Kier alpha value is -1.62. The lowest BCUT2D eigenvalue weighted by molar-refractivity contribution is 0.0936. The summed E-state index contributed by atoms with van der Waals surface area (Å²) in [7, 11) is 4.03. The summed E-state index contributed by atoms with van der Waals surface area (Å²) in [6.45, 7) is 4.76. The van der Waals surface area contributed by atoms with E-state index in [1.165, 1.54) is 0 Å². The molecule has 1 atom stereocenters. The van der Waals surface area contributed by atoms with Crippen LogP contribution in [0.1, 0.15) is 29.4 Å². The number of nitrogens with one attached hydrogen (secondary N) is 1. The number of aryl methyl sites for hydroxylation is 1. The quantitative estimate of drug-likeness (QED) is 0.819. The Labute approximate surface area is 108 Å². The van der Waals surface area contributed by atoms with E-state index in [-0.39, 0.29) is 11.9 Å². The van der Waals surface area contributed by atoms with Crippen molar-refractivity contribution in [2.45, 2.75) is 26.3 Å². The first-order valence-electron chi connectivity index (χ1n) is 6.08. The van der Waals surface area contributed by atoms with E-state index >= 15 is 0 Å². The zero-order valence-corrected chi connectivity index (χ0v) is 11.5. The van der Waals surface area contributed by atoms with E-state index in [4.69, 9.17) is 5.73 Å². The minimum atomic E-state index is -0.0987. The van der Waals surface area contributed by atoms with E-state index in [9.17, 15) is 4.79 Å². The van der Waals surface area contributed by atoms with Crippen LogP contribution in [0, 0.1) is 6.92 Å². The Balaban J connectivity index is 2.59. The Bertz CT molecular complexity index is 397. The van der Waals surface area contributed by atoms with Gasteiger partial charge >= 0.3 is 0 Å². The second kappa shape index (κ2) is 6.35. The number of nitrogen functional groups attached to an aromatic ring is 1. The average molecular weight is 250 g/mol. The molecule has 1 rings (SSSR count). The van der Waals surface area contributed by atoms with Crippen molar-refractivity contribution in [3.63, 3.8) is 0 Å². The average Bonchev–Trinajstić information content (AvgIpc) is 2.25. The SMILES string of the molecule is Cc1cc(C(=O)NC(C)CCN(C)C)cc(N)n1.